The van der Waals surface area contributed by atoms with Crippen molar-refractivity contribution in [2.45, 2.75) is 56.5 Å². The fourth-order valence-electron chi connectivity index (χ4n) is 5.31. The number of hydrogen-bond acceptors (Lipinski definition) is 5. The molecule has 8 nitrogen and oxygen atoms in total. The Morgan fingerprint density at radius 3 is 2.23 bits per heavy atom. The number of ether oxygens (including phenoxy) is 1. The van der Waals surface area contributed by atoms with Gasteiger partial charge in [0.1, 0.15) is 12.6 Å². The molecule has 0 bridgehead atoms. The fourth-order valence-corrected chi connectivity index (χ4v) is 5.31. The second kappa shape index (κ2) is 11.4. The molecule has 2 aliphatic rings. The van der Waals surface area contributed by atoms with Crippen molar-refractivity contribution < 1.29 is 29.3 Å². The third-order valence-corrected chi connectivity index (χ3v) is 7.05. The minimum absolute atomic E-state index is 0.0273. The van der Waals surface area contributed by atoms with Crippen molar-refractivity contribution in [1.82, 2.24) is 10.6 Å². The minimum Gasteiger partial charge on any atom is -0.480 e. The lowest BCUT2D eigenvalue weighted by atomic mass is 9.82. The zero-order chi connectivity index (χ0) is 24.8. The van der Waals surface area contributed by atoms with Crippen LogP contribution in [0.4, 0.5) is 4.79 Å². The van der Waals surface area contributed by atoms with Crippen LogP contribution in [0.1, 0.15) is 55.6 Å². The zero-order valence-corrected chi connectivity index (χ0v) is 19.6. The van der Waals surface area contributed by atoms with Crippen molar-refractivity contribution in [3.63, 3.8) is 0 Å². The van der Waals surface area contributed by atoms with Gasteiger partial charge in [-0.15, -0.1) is 0 Å². The average molecular weight is 481 g/mol. The normalized spacial score (nSPS) is 19.8. The number of hydrogen-bond donors (Lipinski definition) is 4. The largest absolute Gasteiger partial charge is 0.480 e. The second-order valence-electron chi connectivity index (χ2n) is 9.30. The Morgan fingerprint density at radius 1 is 0.971 bits per heavy atom. The summed E-state index contributed by atoms with van der Waals surface area (Å²) in [5.74, 6) is -1.70. The van der Waals surface area contributed by atoms with Gasteiger partial charge < -0.3 is 25.6 Å². The highest BCUT2D eigenvalue weighted by atomic mass is 16.5. The Hall–Kier alpha value is -3.39. The molecule has 2 amide bonds. The number of nitrogens with one attached hydrogen (secondary N) is 2. The first-order chi connectivity index (χ1) is 17.0. The molecule has 1 unspecified atom stereocenters. The Bertz CT molecular complexity index is 1030. The molecule has 4 rings (SSSR count). The van der Waals surface area contributed by atoms with E-state index in [2.05, 4.69) is 34.9 Å². The second-order valence-corrected chi connectivity index (χ2v) is 9.30. The minimum atomic E-state index is -1.18. The van der Waals surface area contributed by atoms with Crippen LogP contribution in [0.25, 0.3) is 11.1 Å². The summed E-state index contributed by atoms with van der Waals surface area (Å²) in [5.41, 5.74) is 4.61. The maximum atomic E-state index is 12.7. The molecule has 0 heterocycles. The van der Waals surface area contributed by atoms with Gasteiger partial charge in [0, 0.05) is 31.4 Å². The van der Waals surface area contributed by atoms with Gasteiger partial charge in [0.25, 0.3) is 0 Å². The lowest BCUT2D eigenvalue weighted by Gasteiger charge is -2.32. The molecular weight excluding hydrogens is 448 g/mol. The topological polar surface area (TPSA) is 125 Å². The lowest BCUT2D eigenvalue weighted by molar-refractivity contribution is -0.142. The first-order valence-corrected chi connectivity index (χ1v) is 12.2. The first kappa shape index (κ1) is 24.7. The fraction of sp³-hybridized carbons (Fsp3) is 0.444. The van der Waals surface area contributed by atoms with Gasteiger partial charge in [-0.25, -0.2) is 9.59 Å². The predicted molar refractivity (Wildman–Crippen MR) is 130 cm³/mol. The van der Waals surface area contributed by atoms with Gasteiger partial charge in [0.15, 0.2) is 0 Å². The molecular formula is C27H32N2O6. The molecule has 0 radical (unpaired) electrons. The van der Waals surface area contributed by atoms with E-state index in [0.29, 0.717) is 0 Å². The summed E-state index contributed by atoms with van der Waals surface area (Å²) in [6, 6.07) is 15.0. The number of aliphatic hydroxyl groups is 1. The van der Waals surface area contributed by atoms with Crippen molar-refractivity contribution in [1.29, 1.82) is 0 Å². The van der Waals surface area contributed by atoms with E-state index in [4.69, 9.17) is 9.84 Å². The van der Waals surface area contributed by atoms with E-state index < -0.39 is 24.0 Å². The van der Waals surface area contributed by atoms with E-state index in [9.17, 15) is 19.5 Å². The predicted octanol–water partition coefficient (Wildman–Crippen LogP) is 3.43. The summed E-state index contributed by atoms with van der Waals surface area (Å²) < 4.78 is 5.67. The van der Waals surface area contributed by atoms with E-state index in [-0.39, 0.29) is 43.9 Å². The van der Waals surface area contributed by atoms with Crippen LogP contribution in [0, 0.1) is 5.92 Å². The summed E-state index contributed by atoms with van der Waals surface area (Å²) in [6.45, 7) is -0.105. The maximum absolute atomic E-state index is 12.7. The van der Waals surface area contributed by atoms with Crippen molar-refractivity contribution in [2.75, 3.05) is 13.2 Å². The smallest absolute Gasteiger partial charge is 0.407 e. The lowest BCUT2D eigenvalue weighted by Crippen LogP contribution is -2.46. The van der Waals surface area contributed by atoms with E-state index in [1.807, 2.05) is 24.3 Å². The number of carbonyl (C=O) groups excluding carboxylic acids is 2. The van der Waals surface area contributed by atoms with Gasteiger partial charge in [0.2, 0.25) is 5.91 Å². The molecule has 0 aliphatic heterocycles. The van der Waals surface area contributed by atoms with Crippen molar-refractivity contribution >= 4 is 18.0 Å². The quantitative estimate of drug-likeness (QED) is 0.436. The zero-order valence-electron chi connectivity index (χ0n) is 19.6. The molecule has 1 fully saturated rings. The third-order valence-electron chi connectivity index (χ3n) is 7.05. The maximum Gasteiger partial charge on any atom is 0.407 e. The van der Waals surface area contributed by atoms with Crippen LogP contribution in [0.2, 0.25) is 0 Å². The molecule has 3 atom stereocenters. The number of fused-ring (bicyclic) bond motifs is 3. The van der Waals surface area contributed by atoms with Crippen LogP contribution in [0.5, 0.6) is 0 Å². The van der Waals surface area contributed by atoms with Crippen molar-refractivity contribution in [2.24, 2.45) is 5.92 Å². The molecule has 0 saturated heterocycles. The Labute approximate surface area is 204 Å². The third kappa shape index (κ3) is 5.82. The van der Waals surface area contributed by atoms with Gasteiger partial charge in [-0.2, -0.15) is 0 Å². The molecule has 2 aromatic carbocycles. The van der Waals surface area contributed by atoms with Crippen LogP contribution in [0.15, 0.2) is 48.5 Å². The number of rotatable bonds is 9. The average Bonchev–Trinajstić information content (AvgIpc) is 3.17. The molecule has 0 aromatic heterocycles. The number of carboxylic acid groups (broad SMARTS) is 1. The van der Waals surface area contributed by atoms with Gasteiger partial charge in [-0.05, 0) is 41.0 Å². The summed E-state index contributed by atoms with van der Waals surface area (Å²) in [7, 11) is 0. The molecule has 186 valence electrons. The number of amides is 2. The highest BCUT2D eigenvalue weighted by molar-refractivity contribution is 5.83. The summed E-state index contributed by atoms with van der Waals surface area (Å²) in [4.78, 5) is 36.5. The van der Waals surface area contributed by atoms with Crippen LogP contribution in [-0.2, 0) is 14.3 Å². The number of carbonyl (C=O) groups is 3. The van der Waals surface area contributed by atoms with Crippen LogP contribution >= 0.6 is 0 Å². The number of carboxylic acids is 1. The standard InChI is InChI=1S/C27H32N2O6/c30-14-13-24(26(32)33)28-25(31)15-17-7-1-6-12-23(17)29-27(34)35-16-22-20-10-4-2-8-18(20)19-9-3-5-11-21(19)22/h2-5,8-11,17,22-24,30H,1,6-7,12-16H2,(H,28,31)(H,29,34)(H,32,33)/t17-,23-,24?/m0/s1. The van der Waals surface area contributed by atoms with Gasteiger partial charge in [-0.3, -0.25) is 4.79 Å². The monoisotopic (exact) mass is 480 g/mol. The van der Waals surface area contributed by atoms with Crippen LogP contribution < -0.4 is 10.6 Å². The Morgan fingerprint density at radius 2 is 1.60 bits per heavy atom. The van der Waals surface area contributed by atoms with E-state index in [1.54, 1.807) is 0 Å². The number of aliphatic hydroxyl groups excluding tert-OH is 1. The molecule has 0 spiro atoms. The molecule has 4 N–H and O–H groups in total. The molecule has 2 aromatic rings. The van der Waals surface area contributed by atoms with E-state index in [1.165, 1.54) is 0 Å². The molecule has 8 heteroatoms. The highest BCUT2D eigenvalue weighted by Gasteiger charge is 2.32. The summed E-state index contributed by atoms with van der Waals surface area (Å²) in [6.07, 6.45) is 2.94. The SMILES string of the molecule is O=C(C[C@@H]1CCCC[C@@H]1NC(=O)OCC1c2ccccc2-c2ccccc21)NC(CCO)C(=O)O. The van der Waals surface area contributed by atoms with Crippen molar-refractivity contribution in [3.8, 4) is 11.1 Å². The van der Waals surface area contributed by atoms with E-state index in [0.717, 1.165) is 47.9 Å². The number of benzene rings is 2. The Balaban J connectivity index is 1.34. The van der Waals surface area contributed by atoms with Gasteiger partial charge in [0.05, 0.1) is 0 Å². The highest BCUT2D eigenvalue weighted by Crippen LogP contribution is 2.44. The van der Waals surface area contributed by atoms with Gasteiger partial charge in [-0.1, -0.05) is 61.4 Å². The Kier molecular flexibility index (Phi) is 8.02. The summed E-state index contributed by atoms with van der Waals surface area (Å²) >= 11 is 0. The number of alkyl carbamates (subject to hydrolysis) is 1. The summed E-state index contributed by atoms with van der Waals surface area (Å²) in [5, 5.41) is 23.7. The molecule has 2 aliphatic carbocycles. The first-order valence-electron chi connectivity index (χ1n) is 12.2. The molecule has 35 heavy (non-hydrogen) atoms. The van der Waals surface area contributed by atoms with Gasteiger partial charge >= 0.3 is 12.1 Å². The van der Waals surface area contributed by atoms with Crippen molar-refractivity contribution in [3.05, 3.63) is 59.7 Å². The molecule has 1 saturated carbocycles. The van der Waals surface area contributed by atoms with E-state index >= 15 is 0 Å². The number of aliphatic carboxylic acids is 1. The van der Waals surface area contributed by atoms with Crippen LogP contribution in [0.3, 0.4) is 0 Å². The van der Waals surface area contributed by atoms with Crippen LogP contribution in [-0.4, -0.2) is 53.5 Å².